The molecular formula is C15H24O10. The second kappa shape index (κ2) is 6.97. The van der Waals surface area contributed by atoms with E-state index in [-0.39, 0.29) is 0 Å². The molecule has 4 atom stereocenters. The van der Waals surface area contributed by atoms with Crippen LogP contribution in [0.4, 0.5) is 0 Å². The van der Waals surface area contributed by atoms with Crippen LogP contribution in [0.2, 0.25) is 0 Å². The quantitative estimate of drug-likeness (QED) is 0.226. The van der Waals surface area contributed by atoms with Gasteiger partial charge in [0.2, 0.25) is 0 Å². The highest BCUT2D eigenvalue weighted by Crippen LogP contribution is 2.34. The van der Waals surface area contributed by atoms with E-state index in [2.05, 4.69) is 0 Å². The van der Waals surface area contributed by atoms with E-state index in [9.17, 15) is 50.4 Å². The normalized spacial score (nSPS) is 48.2. The Morgan fingerprint density at radius 2 is 0.880 bits per heavy atom. The third-order valence-electron chi connectivity index (χ3n) is 5.12. The van der Waals surface area contributed by atoms with Gasteiger partial charge in [-0.3, -0.25) is 9.59 Å². The summed E-state index contributed by atoms with van der Waals surface area (Å²) in [6, 6.07) is 0. The Bertz CT molecular complexity index is 464. The summed E-state index contributed by atoms with van der Waals surface area (Å²) in [6.45, 7) is 0. The minimum absolute atomic E-state index is 0.584. The van der Waals surface area contributed by atoms with Gasteiger partial charge in [0.25, 0.3) is 0 Å². The summed E-state index contributed by atoms with van der Waals surface area (Å²) in [5.41, 5.74) is -4.51. The van der Waals surface area contributed by atoms with Crippen molar-refractivity contribution in [3.05, 3.63) is 0 Å². The molecule has 2 fully saturated rings. The maximum Gasteiger partial charge on any atom is 0.172 e. The first kappa shape index (κ1) is 20.3. The van der Waals surface area contributed by atoms with Crippen molar-refractivity contribution in [1.29, 1.82) is 0 Å². The summed E-state index contributed by atoms with van der Waals surface area (Å²) in [4.78, 5) is 24.6. The lowest BCUT2D eigenvalue weighted by Gasteiger charge is -2.41. The second-order valence-corrected chi connectivity index (χ2v) is 7.15. The average Bonchev–Trinajstić information content (AvgIpc) is 2.50. The average molecular weight is 364 g/mol. The van der Waals surface area contributed by atoms with Crippen molar-refractivity contribution in [2.75, 3.05) is 0 Å². The third-order valence-corrected chi connectivity index (χ3v) is 5.12. The van der Waals surface area contributed by atoms with Gasteiger partial charge in [-0.1, -0.05) is 0 Å². The molecule has 144 valence electrons. The first-order valence-electron chi connectivity index (χ1n) is 7.99. The molecule has 0 amide bonds. The Kier molecular flexibility index (Phi) is 5.67. The van der Waals surface area contributed by atoms with Gasteiger partial charge in [0.15, 0.2) is 11.6 Å². The smallest absolute Gasteiger partial charge is 0.172 e. The summed E-state index contributed by atoms with van der Waals surface area (Å²) in [5, 5.41) is 78.0. The summed E-state index contributed by atoms with van der Waals surface area (Å²) >= 11 is 0. The minimum Gasteiger partial charge on any atom is -0.390 e. The molecular weight excluding hydrogens is 340 g/mol. The fourth-order valence-corrected chi connectivity index (χ4v) is 3.48. The van der Waals surface area contributed by atoms with Crippen molar-refractivity contribution in [1.82, 2.24) is 0 Å². The van der Waals surface area contributed by atoms with E-state index < -0.39 is 91.5 Å². The van der Waals surface area contributed by atoms with Gasteiger partial charge >= 0.3 is 0 Å². The zero-order valence-corrected chi connectivity index (χ0v) is 13.4. The molecule has 10 heteroatoms. The van der Waals surface area contributed by atoms with Gasteiger partial charge in [-0.2, -0.15) is 0 Å². The molecule has 0 radical (unpaired) electrons. The van der Waals surface area contributed by atoms with Crippen molar-refractivity contribution >= 4 is 11.6 Å². The van der Waals surface area contributed by atoms with E-state index in [0.29, 0.717) is 0 Å². The highest BCUT2D eigenvalue weighted by molar-refractivity contribution is 6.06. The van der Waals surface area contributed by atoms with Crippen molar-refractivity contribution in [3.63, 3.8) is 0 Å². The molecule has 8 N–H and O–H groups in total. The Morgan fingerprint density at radius 1 is 0.640 bits per heavy atom. The van der Waals surface area contributed by atoms with Crippen LogP contribution in [-0.4, -0.2) is 100 Å². The number of hydrogen-bond donors (Lipinski definition) is 8. The van der Waals surface area contributed by atoms with Crippen LogP contribution in [0.5, 0.6) is 0 Å². The molecule has 10 nitrogen and oxygen atoms in total. The molecule has 0 bridgehead atoms. The molecule has 0 aliphatic heterocycles. The van der Waals surface area contributed by atoms with Gasteiger partial charge in [-0.15, -0.1) is 0 Å². The van der Waals surface area contributed by atoms with E-state index in [0.717, 1.165) is 0 Å². The molecule has 0 aromatic carbocycles. The van der Waals surface area contributed by atoms with E-state index in [1.165, 1.54) is 0 Å². The number of ketones is 2. The van der Waals surface area contributed by atoms with Crippen LogP contribution < -0.4 is 0 Å². The summed E-state index contributed by atoms with van der Waals surface area (Å²) in [7, 11) is 0. The molecule has 0 spiro atoms. The van der Waals surface area contributed by atoms with Crippen LogP contribution in [0.15, 0.2) is 0 Å². The second-order valence-electron chi connectivity index (χ2n) is 7.15. The monoisotopic (exact) mass is 364 g/mol. The topological polar surface area (TPSA) is 196 Å². The van der Waals surface area contributed by atoms with Crippen LogP contribution in [0.25, 0.3) is 0 Å². The van der Waals surface area contributed by atoms with Crippen LogP contribution >= 0.6 is 0 Å². The van der Waals surface area contributed by atoms with Crippen molar-refractivity contribution in [2.45, 2.75) is 79.9 Å². The van der Waals surface area contributed by atoms with E-state index >= 15 is 0 Å². The Hall–Kier alpha value is -0.980. The maximum atomic E-state index is 12.3. The Balaban J connectivity index is 2.08. The molecule has 0 aromatic heterocycles. The zero-order valence-electron chi connectivity index (χ0n) is 13.4. The first-order chi connectivity index (χ1) is 11.4. The van der Waals surface area contributed by atoms with Gasteiger partial charge in [-0.25, -0.2) is 0 Å². The van der Waals surface area contributed by atoms with Crippen LogP contribution in [-0.2, 0) is 9.59 Å². The zero-order chi connectivity index (χ0) is 19.2. The standard InChI is InChI=1S/C15H24O10/c16-6-2-14(24,3-7(17)12(6)22)10(20)1-11(21)15(25)4-8(18)13(23)9(19)5-15/h6-9,12-13,16-19,22-25H,1-5H2/t6-,7-,8-,9-,12?,13?,14?,15?/m1/s1. The molecule has 2 saturated carbocycles. The Morgan fingerprint density at radius 3 is 1.12 bits per heavy atom. The number of aliphatic hydroxyl groups excluding tert-OH is 6. The number of rotatable bonds is 4. The summed E-state index contributed by atoms with van der Waals surface area (Å²) in [6.07, 6.45) is -12.6. The third kappa shape index (κ3) is 3.91. The highest BCUT2D eigenvalue weighted by atomic mass is 16.4. The van der Waals surface area contributed by atoms with Crippen LogP contribution in [0.1, 0.15) is 32.1 Å². The maximum absolute atomic E-state index is 12.3. The van der Waals surface area contributed by atoms with E-state index in [1.807, 2.05) is 0 Å². The number of carbonyl (C=O) groups is 2. The van der Waals surface area contributed by atoms with E-state index in [1.54, 1.807) is 0 Å². The fraction of sp³-hybridized carbons (Fsp3) is 0.867. The molecule has 2 rings (SSSR count). The molecule has 0 aromatic rings. The Labute approximate surface area is 143 Å². The molecule has 2 aliphatic rings. The van der Waals surface area contributed by atoms with Gasteiger partial charge in [0.1, 0.15) is 23.4 Å². The van der Waals surface area contributed by atoms with Gasteiger partial charge in [0, 0.05) is 25.7 Å². The number of Topliss-reactive ketones (excluding diaryl/α,β-unsaturated/α-hetero) is 2. The number of carbonyl (C=O) groups excluding carboxylic acids is 2. The van der Waals surface area contributed by atoms with Crippen molar-refractivity contribution in [2.24, 2.45) is 0 Å². The molecule has 0 unspecified atom stereocenters. The van der Waals surface area contributed by atoms with E-state index in [4.69, 9.17) is 0 Å². The predicted molar refractivity (Wildman–Crippen MR) is 79.0 cm³/mol. The molecule has 0 heterocycles. The van der Waals surface area contributed by atoms with Crippen LogP contribution in [0, 0.1) is 0 Å². The van der Waals surface area contributed by atoms with Crippen molar-refractivity contribution in [3.8, 4) is 0 Å². The molecule has 2 aliphatic carbocycles. The fourth-order valence-electron chi connectivity index (χ4n) is 3.48. The lowest BCUT2D eigenvalue weighted by Crippen LogP contribution is -2.59. The van der Waals surface area contributed by atoms with Gasteiger partial charge < -0.3 is 40.9 Å². The lowest BCUT2D eigenvalue weighted by molar-refractivity contribution is -0.179. The largest absolute Gasteiger partial charge is 0.390 e. The molecule has 25 heavy (non-hydrogen) atoms. The van der Waals surface area contributed by atoms with Gasteiger partial charge in [-0.05, 0) is 0 Å². The SMILES string of the molecule is O=C(CC(=O)C1(O)C[C@@H](O)C(O)[C@H](O)C1)C1(O)C[C@@H](O)C(O)[C@H](O)C1. The van der Waals surface area contributed by atoms with Crippen LogP contribution in [0.3, 0.4) is 0 Å². The minimum atomic E-state index is -2.25. The lowest BCUT2D eigenvalue weighted by atomic mass is 9.72. The summed E-state index contributed by atoms with van der Waals surface area (Å²) < 4.78 is 0. The summed E-state index contributed by atoms with van der Waals surface area (Å²) in [5.74, 6) is -2.13. The van der Waals surface area contributed by atoms with Gasteiger partial charge in [0.05, 0.1) is 30.8 Å². The number of aliphatic hydroxyl groups is 8. The molecule has 0 saturated heterocycles. The van der Waals surface area contributed by atoms with Crippen molar-refractivity contribution < 1.29 is 50.4 Å². The highest BCUT2D eigenvalue weighted by Gasteiger charge is 2.52. The number of hydrogen-bond acceptors (Lipinski definition) is 10. The predicted octanol–water partition coefficient (Wildman–Crippen LogP) is -4.27. The first-order valence-corrected chi connectivity index (χ1v) is 7.99.